The highest BCUT2D eigenvalue weighted by molar-refractivity contribution is 7.91. The van der Waals surface area contributed by atoms with Crippen LogP contribution in [0.1, 0.15) is 31.8 Å². The second-order valence-electron chi connectivity index (χ2n) is 6.69. The van der Waals surface area contributed by atoms with Gasteiger partial charge in [0.2, 0.25) is 5.78 Å². The molecule has 1 atom stereocenters. The third kappa shape index (κ3) is 4.55. The Morgan fingerprint density at radius 3 is 2.81 bits per heavy atom. The van der Waals surface area contributed by atoms with Crippen molar-refractivity contribution in [3.05, 3.63) is 98.9 Å². The van der Waals surface area contributed by atoms with Gasteiger partial charge in [0, 0.05) is 30.1 Å². The van der Waals surface area contributed by atoms with Crippen molar-refractivity contribution in [2.24, 2.45) is 0 Å². The van der Waals surface area contributed by atoms with Crippen LogP contribution in [-0.4, -0.2) is 20.9 Å². The maximum atomic E-state index is 13.7. The van der Waals surface area contributed by atoms with Gasteiger partial charge in [-0.1, -0.05) is 23.7 Å². The average molecular weight is 456 g/mol. The number of hydrogen-bond donors (Lipinski definition) is 2. The number of aromatic nitrogens is 1. The molecule has 0 spiro atoms. The van der Waals surface area contributed by atoms with Gasteiger partial charge < -0.3 is 10.0 Å². The van der Waals surface area contributed by atoms with E-state index in [1.54, 1.807) is 18.5 Å². The molecule has 0 saturated carbocycles. The Bertz CT molecular complexity index is 1250. The zero-order valence-electron chi connectivity index (χ0n) is 15.9. The summed E-state index contributed by atoms with van der Waals surface area (Å²) in [5, 5.41) is 2.72. The summed E-state index contributed by atoms with van der Waals surface area (Å²) < 4.78 is 29.0. The van der Waals surface area contributed by atoms with E-state index >= 15 is 0 Å². The van der Waals surface area contributed by atoms with Crippen molar-refractivity contribution in [1.29, 1.82) is 0 Å². The van der Waals surface area contributed by atoms with E-state index in [2.05, 4.69) is 15.0 Å². The van der Waals surface area contributed by atoms with Gasteiger partial charge >= 0.3 is 0 Å². The predicted octanol–water partition coefficient (Wildman–Crippen LogP) is 4.12. The van der Waals surface area contributed by atoms with Gasteiger partial charge in [0.1, 0.15) is 10.7 Å². The number of carbonyl (C=O) groups excluding carboxylic acids is 2. The van der Waals surface area contributed by atoms with Crippen molar-refractivity contribution < 1.29 is 18.2 Å². The summed E-state index contributed by atoms with van der Waals surface area (Å²) in [6.45, 7) is 0.285. The molecular formula is C22H15ClFN3O3S. The van der Waals surface area contributed by atoms with Crippen molar-refractivity contribution in [3.63, 3.8) is 0 Å². The van der Waals surface area contributed by atoms with Crippen LogP contribution in [0.15, 0.2) is 65.8 Å². The molecule has 1 aromatic heterocycles. The van der Waals surface area contributed by atoms with Crippen LogP contribution in [0.25, 0.3) is 6.08 Å². The molecule has 2 N–H and O–H groups in total. The first-order chi connectivity index (χ1) is 14.9. The normalized spacial score (nSPS) is 16.5. The summed E-state index contributed by atoms with van der Waals surface area (Å²) in [5.41, 5.74) is 2.01. The monoisotopic (exact) mass is 455 g/mol. The standard InChI is InChI=1S/C22H15ClFN3O3S/c23-17-5-3-13(8-18(17)24)9-20-21(28)16-10-15(4-6-19(16)27-31(20)30)22(29)26-12-14-2-1-7-25-11-14/h1-11,27H,12H2,(H,26,29)/b20-9-. The molecule has 9 heteroatoms. The fourth-order valence-electron chi connectivity index (χ4n) is 2.99. The number of carbonyl (C=O) groups is 2. The number of Topliss-reactive ketones (excluding diaryl/α,β-unsaturated/α-hetero) is 1. The number of halogens is 2. The number of pyridine rings is 1. The molecule has 0 bridgehead atoms. The van der Waals surface area contributed by atoms with Crippen LogP contribution in [0.4, 0.5) is 10.1 Å². The lowest BCUT2D eigenvalue weighted by molar-refractivity contribution is 0.0951. The molecule has 0 aliphatic carbocycles. The number of nitrogens with zero attached hydrogens (tertiary/aromatic N) is 1. The Morgan fingerprint density at radius 2 is 2.06 bits per heavy atom. The highest BCUT2D eigenvalue weighted by atomic mass is 35.5. The second-order valence-corrected chi connectivity index (χ2v) is 8.27. The maximum absolute atomic E-state index is 13.7. The van der Waals surface area contributed by atoms with E-state index < -0.39 is 22.6 Å². The zero-order chi connectivity index (χ0) is 22.0. The number of fused-ring (bicyclic) bond motifs is 1. The fraction of sp³-hybridized carbons (Fsp3) is 0.0455. The molecule has 1 unspecified atom stereocenters. The number of hydrogen-bond acceptors (Lipinski definition) is 4. The van der Waals surface area contributed by atoms with Crippen molar-refractivity contribution in [2.75, 3.05) is 4.72 Å². The number of benzene rings is 2. The lowest BCUT2D eigenvalue weighted by Crippen LogP contribution is -2.25. The smallest absolute Gasteiger partial charge is 0.251 e. The van der Waals surface area contributed by atoms with Crippen LogP contribution in [-0.2, 0) is 17.5 Å². The van der Waals surface area contributed by atoms with Crippen LogP contribution in [0.2, 0.25) is 5.02 Å². The number of nitrogens with one attached hydrogen (secondary N) is 2. The Morgan fingerprint density at radius 1 is 1.23 bits per heavy atom. The molecule has 2 heterocycles. The van der Waals surface area contributed by atoms with Crippen LogP contribution in [0.5, 0.6) is 0 Å². The van der Waals surface area contributed by atoms with E-state index in [0.29, 0.717) is 11.3 Å². The topological polar surface area (TPSA) is 88.2 Å². The summed E-state index contributed by atoms with van der Waals surface area (Å²) in [5.74, 6) is -1.52. The van der Waals surface area contributed by atoms with Crippen molar-refractivity contribution >= 4 is 46.0 Å². The highest BCUT2D eigenvalue weighted by Crippen LogP contribution is 2.30. The molecule has 1 aliphatic rings. The van der Waals surface area contributed by atoms with Crippen LogP contribution in [0.3, 0.4) is 0 Å². The number of rotatable bonds is 4. The lowest BCUT2D eigenvalue weighted by atomic mass is 10.0. The SMILES string of the molecule is O=C(NCc1cccnc1)c1ccc2c(c1)C(=O)/C(=C/c1ccc(Cl)c(F)c1)S(=O)N2. The molecule has 31 heavy (non-hydrogen) atoms. The Kier molecular flexibility index (Phi) is 5.92. The molecule has 0 fully saturated rings. The average Bonchev–Trinajstić information content (AvgIpc) is 2.78. The van der Waals surface area contributed by atoms with Gasteiger partial charge in [-0.2, -0.15) is 0 Å². The molecule has 6 nitrogen and oxygen atoms in total. The minimum atomic E-state index is -1.83. The van der Waals surface area contributed by atoms with Crippen LogP contribution >= 0.6 is 11.6 Å². The molecule has 1 amide bonds. The molecule has 0 saturated heterocycles. The van der Waals surface area contributed by atoms with E-state index in [1.807, 2.05) is 6.07 Å². The summed E-state index contributed by atoms with van der Waals surface area (Å²) in [7, 11) is -1.83. The second kappa shape index (κ2) is 8.79. The van der Waals surface area contributed by atoms with Crippen LogP contribution < -0.4 is 10.0 Å². The summed E-state index contributed by atoms with van der Waals surface area (Å²) >= 11 is 5.68. The third-order valence-corrected chi connectivity index (χ3v) is 5.98. The van der Waals surface area contributed by atoms with Gasteiger partial charge in [-0.05, 0) is 53.6 Å². The van der Waals surface area contributed by atoms with E-state index in [-0.39, 0.29) is 33.5 Å². The molecule has 1 aliphatic heterocycles. The van der Waals surface area contributed by atoms with Gasteiger partial charge in [-0.25, -0.2) is 8.60 Å². The van der Waals surface area contributed by atoms with Gasteiger partial charge in [-0.3, -0.25) is 14.6 Å². The summed E-state index contributed by atoms with van der Waals surface area (Å²) in [6.07, 6.45) is 4.62. The predicted molar refractivity (Wildman–Crippen MR) is 117 cm³/mol. The molecule has 2 aromatic carbocycles. The van der Waals surface area contributed by atoms with Crippen molar-refractivity contribution in [3.8, 4) is 0 Å². The fourth-order valence-corrected chi connectivity index (χ4v) is 4.12. The van der Waals surface area contributed by atoms with E-state index in [9.17, 15) is 18.2 Å². The molecule has 3 aromatic rings. The Hall–Kier alpha value is -3.36. The first-order valence-corrected chi connectivity index (χ1v) is 10.7. The number of amides is 1. The minimum absolute atomic E-state index is 0.0522. The lowest BCUT2D eigenvalue weighted by Gasteiger charge is -2.19. The first kappa shape index (κ1) is 20.9. The van der Waals surface area contributed by atoms with E-state index in [4.69, 9.17) is 11.6 Å². The zero-order valence-corrected chi connectivity index (χ0v) is 17.5. The van der Waals surface area contributed by atoms with Crippen molar-refractivity contribution in [1.82, 2.24) is 10.3 Å². The van der Waals surface area contributed by atoms with Gasteiger partial charge in [-0.15, -0.1) is 0 Å². The van der Waals surface area contributed by atoms with E-state index in [0.717, 1.165) is 11.6 Å². The number of allylic oxidation sites excluding steroid dienone is 1. The van der Waals surface area contributed by atoms with Gasteiger partial charge in [0.15, 0.2) is 11.0 Å². The molecule has 0 radical (unpaired) electrons. The first-order valence-electron chi connectivity index (χ1n) is 9.13. The van der Waals surface area contributed by atoms with E-state index in [1.165, 1.54) is 36.4 Å². The largest absolute Gasteiger partial charge is 0.348 e. The maximum Gasteiger partial charge on any atom is 0.251 e. The quantitative estimate of drug-likeness (QED) is 0.579. The Labute approximate surface area is 184 Å². The van der Waals surface area contributed by atoms with Gasteiger partial charge in [0.25, 0.3) is 5.91 Å². The van der Waals surface area contributed by atoms with Gasteiger partial charge in [0.05, 0.1) is 10.7 Å². The molecule has 156 valence electrons. The van der Waals surface area contributed by atoms with Crippen molar-refractivity contribution in [2.45, 2.75) is 6.54 Å². The molecular weight excluding hydrogens is 441 g/mol. The number of ketones is 1. The Balaban J connectivity index is 1.59. The number of anilines is 1. The highest BCUT2D eigenvalue weighted by Gasteiger charge is 2.28. The molecule has 4 rings (SSSR count). The summed E-state index contributed by atoms with van der Waals surface area (Å²) in [4.78, 5) is 29.4. The third-order valence-electron chi connectivity index (χ3n) is 4.57. The summed E-state index contributed by atoms with van der Waals surface area (Å²) in [6, 6.07) is 12.1. The van der Waals surface area contributed by atoms with Crippen LogP contribution in [0, 0.1) is 5.82 Å². The minimum Gasteiger partial charge on any atom is -0.348 e.